The third-order valence-electron chi connectivity index (χ3n) is 6.95. The first-order valence-electron chi connectivity index (χ1n) is 12.5. The monoisotopic (exact) mass is 518 g/mol. The fourth-order valence-corrected chi connectivity index (χ4v) is 5.07. The molecule has 5 rings (SSSR count). The van der Waals surface area contributed by atoms with E-state index in [1.807, 2.05) is 12.1 Å². The molecule has 3 aromatic rings. The van der Waals surface area contributed by atoms with Crippen LogP contribution < -0.4 is 5.32 Å². The zero-order valence-corrected chi connectivity index (χ0v) is 21.1. The molecular weight excluding hydrogens is 491 g/mol. The van der Waals surface area contributed by atoms with Gasteiger partial charge in [0.1, 0.15) is 11.9 Å². The number of halogens is 2. The first kappa shape index (κ1) is 25.0. The number of hydrogen-bond donors (Lipinski definition) is 1. The summed E-state index contributed by atoms with van der Waals surface area (Å²) in [5, 5.41) is 3.54. The van der Waals surface area contributed by atoms with Crippen LogP contribution in [-0.4, -0.2) is 28.9 Å². The third kappa shape index (κ3) is 5.86. The zero-order valence-electron chi connectivity index (χ0n) is 20.3. The first-order valence-corrected chi connectivity index (χ1v) is 12.9. The minimum Gasteiger partial charge on any atom is -0.482 e. The molecule has 2 unspecified atom stereocenters. The Hall–Kier alpha value is -3.64. The fraction of sp³-hybridized carbons (Fsp3) is 0.267. The summed E-state index contributed by atoms with van der Waals surface area (Å²) in [6, 6.07) is 20.8. The fourth-order valence-electron chi connectivity index (χ4n) is 4.94. The molecule has 5 nitrogen and oxygen atoms in total. The number of nitrogens with one attached hydrogen (secondary N) is 1. The smallest absolute Gasteiger partial charge is 0.289 e. The maximum atomic E-state index is 14.4. The molecule has 7 heteroatoms. The van der Waals surface area contributed by atoms with Gasteiger partial charge in [0.15, 0.2) is 5.76 Å². The molecule has 0 radical (unpaired) electrons. The summed E-state index contributed by atoms with van der Waals surface area (Å²) < 4.78 is 20.6. The van der Waals surface area contributed by atoms with Gasteiger partial charge in [-0.2, -0.15) is 0 Å². The molecule has 2 amide bonds. The van der Waals surface area contributed by atoms with Gasteiger partial charge in [-0.05, 0) is 66.8 Å². The molecule has 0 spiro atoms. The summed E-state index contributed by atoms with van der Waals surface area (Å²) in [5.74, 6) is -0.500. The molecule has 190 valence electrons. The number of amides is 2. The van der Waals surface area contributed by atoms with Crippen molar-refractivity contribution < 1.29 is 18.7 Å². The van der Waals surface area contributed by atoms with Crippen molar-refractivity contribution in [2.75, 3.05) is 0 Å². The van der Waals surface area contributed by atoms with E-state index >= 15 is 0 Å². The van der Waals surface area contributed by atoms with Crippen LogP contribution >= 0.6 is 11.6 Å². The highest BCUT2D eigenvalue weighted by Gasteiger charge is 2.41. The van der Waals surface area contributed by atoms with Gasteiger partial charge in [0.2, 0.25) is 0 Å². The van der Waals surface area contributed by atoms with Crippen LogP contribution in [0.1, 0.15) is 52.7 Å². The van der Waals surface area contributed by atoms with E-state index in [0.29, 0.717) is 22.7 Å². The number of benzene rings is 3. The van der Waals surface area contributed by atoms with Crippen molar-refractivity contribution in [3.63, 3.8) is 0 Å². The minimum atomic E-state index is -0.315. The average molecular weight is 519 g/mol. The second-order valence-corrected chi connectivity index (χ2v) is 9.91. The summed E-state index contributed by atoms with van der Waals surface area (Å²) >= 11 is 5.91. The van der Waals surface area contributed by atoms with Gasteiger partial charge in [-0.25, -0.2) is 4.39 Å². The summed E-state index contributed by atoms with van der Waals surface area (Å²) in [6.45, 7) is 0.602. The van der Waals surface area contributed by atoms with E-state index < -0.39 is 0 Å². The van der Waals surface area contributed by atoms with Gasteiger partial charge < -0.3 is 15.0 Å². The number of rotatable bonds is 6. The molecule has 3 aromatic carbocycles. The number of hydrogen-bond acceptors (Lipinski definition) is 3. The molecule has 37 heavy (non-hydrogen) atoms. The van der Waals surface area contributed by atoms with E-state index in [1.54, 1.807) is 65.6 Å². The average Bonchev–Trinajstić information content (AvgIpc) is 2.92. The summed E-state index contributed by atoms with van der Waals surface area (Å²) in [7, 11) is 0. The van der Waals surface area contributed by atoms with Crippen LogP contribution in [0, 0.1) is 5.82 Å². The van der Waals surface area contributed by atoms with Crippen LogP contribution in [0.2, 0.25) is 5.02 Å². The van der Waals surface area contributed by atoms with Crippen molar-refractivity contribution in [1.82, 2.24) is 10.2 Å². The Bertz CT molecular complexity index is 1310. The molecule has 1 N–H and O–H groups in total. The van der Waals surface area contributed by atoms with Crippen molar-refractivity contribution in [2.45, 2.75) is 50.9 Å². The lowest BCUT2D eigenvalue weighted by molar-refractivity contribution is -0.149. The van der Waals surface area contributed by atoms with Gasteiger partial charge in [-0.15, -0.1) is 0 Å². The van der Waals surface area contributed by atoms with Crippen molar-refractivity contribution in [3.05, 3.63) is 112 Å². The lowest BCUT2D eigenvalue weighted by Gasteiger charge is -2.44. The molecule has 2 atom stereocenters. The van der Waals surface area contributed by atoms with E-state index in [-0.39, 0.29) is 42.1 Å². The number of carbonyl (C=O) groups is 2. The summed E-state index contributed by atoms with van der Waals surface area (Å²) in [4.78, 5) is 27.8. The van der Waals surface area contributed by atoms with Gasteiger partial charge in [-0.1, -0.05) is 60.5 Å². The molecule has 0 aromatic heterocycles. The van der Waals surface area contributed by atoms with E-state index in [0.717, 1.165) is 36.8 Å². The van der Waals surface area contributed by atoms with E-state index in [2.05, 4.69) is 5.32 Å². The van der Waals surface area contributed by atoms with Gasteiger partial charge in [0.25, 0.3) is 11.8 Å². The highest BCUT2D eigenvalue weighted by atomic mass is 35.5. The Balaban J connectivity index is 1.30. The van der Waals surface area contributed by atoms with Crippen molar-refractivity contribution in [1.29, 1.82) is 0 Å². The lowest BCUT2D eigenvalue weighted by Crippen LogP contribution is -2.54. The SMILES string of the molecule is O=C(NCc1ccc(Cl)cc1)c1ccc(/C=C2\OC3CCCCC3N(Cc3ccccc3F)C2=O)cc1. The van der Waals surface area contributed by atoms with Gasteiger partial charge >= 0.3 is 0 Å². The van der Waals surface area contributed by atoms with E-state index in [9.17, 15) is 14.0 Å². The molecule has 2 aliphatic rings. The number of morpholine rings is 1. The summed E-state index contributed by atoms with van der Waals surface area (Å²) in [5.41, 5.74) is 2.71. The normalized spacial score (nSPS) is 20.3. The van der Waals surface area contributed by atoms with Crippen molar-refractivity contribution in [2.24, 2.45) is 0 Å². The molecule has 1 heterocycles. The standard InChI is InChI=1S/C30H28ClFN2O3/c31-24-15-11-21(12-16-24)18-33-29(35)22-13-9-20(10-14-22)17-28-30(36)34(19-23-5-1-2-6-25(23)32)26-7-3-4-8-27(26)37-28/h1-2,5-6,9-17,26-27H,3-4,7-8,18-19H2,(H,33,35)/b28-17-. The van der Waals surface area contributed by atoms with Crippen LogP contribution in [0.25, 0.3) is 6.08 Å². The van der Waals surface area contributed by atoms with E-state index in [1.165, 1.54) is 6.07 Å². The van der Waals surface area contributed by atoms with Crippen molar-refractivity contribution in [3.8, 4) is 0 Å². The number of fused-ring (bicyclic) bond motifs is 1. The molecule has 1 aliphatic heterocycles. The molecule has 0 bridgehead atoms. The Morgan fingerprint density at radius 2 is 1.76 bits per heavy atom. The lowest BCUT2D eigenvalue weighted by atomic mass is 9.89. The van der Waals surface area contributed by atoms with Gasteiger partial charge in [0, 0.05) is 29.2 Å². The third-order valence-corrected chi connectivity index (χ3v) is 7.21. The Morgan fingerprint density at radius 1 is 1.03 bits per heavy atom. The Morgan fingerprint density at radius 3 is 2.51 bits per heavy atom. The van der Waals surface area contributed by atoms with Crippen LogP contribution in [-0.2, 0) is 22.6 Å². The quantitative estimate of drug-likeness (QED) is 0.400. The minimum absolute atomic E-state index is 0.0651. The second kappa shape index (κ2) is 11.2. The second-order valence-electron chi connectivity index (χ2n) is 9.47. The highest BCUT2D eigenvalue weighted by Crippen LogP contribution is 2.34. The Labute approximate surface area is 220 Å². The van der Waals surface area contributed by atoms with Crippen LogP contribution in [0.4, 0.5) is 4.39 Å². The topological polar surface area (TPSA) is 58.6 Å². The summed E-state index contributed by atoms with van der Waals surface area (Å²) in [6.07, 6.45) is 5.36. The molecule has 1 saturated carbocycles. The molecule has 1 aliphatic carbocycles. The van der Waals surface area contributed by atoms with Crippen LogP contribution in [0.5, 0.6) is 0 Å². The van der Waals surface area contributed by atoms with Crippen molar-refractivity contribution >= 4 is 29.5 Å². The molecular formula is C30H28ClFN2O3. The highest BCUT2D eigenvalue weighted by molar-refractivity contribution is 6.30. The van der Waals surface area contributed by atoms with E-state index in [4.69, 9.17) is 16.3 Å². The molecule has 2 fully saturated rings. The van der Waals surface area contributed by atoms with Crippen LogP contribution in [0.15, 0.2) is 78.6 Å². The predicted octanol–water partition coefficient (Wildman–Crippen LogP) is 6.12. The number of nitrogens with zero attached hydrogens (tertiary/aromatic N) is 1. The zero-order chi connectivity index (χ0) is 25.8. The maximum Gasteiger partial charge on any atom is 0.289 e. The van der Waals surface area contributed by atoms with Gasteiger partial charge in [-0.3, -0.25) is 9.59 Å². The number of carbonyl (C=O) groups excluding carboxylic acids is 2. The Kier molecular flexibility index (Phi) is 7.56. The van der Waals surface area contributed by atoms with Gasteiger partial charge in [0.05, 0.1) is 6.04 Å². The first-order chi connectivity index (χ1) is 18.0. The predicted molar refractivity (Wildman–Crippen MR) is 141 cm³/mol. The molecule has 1 saturated heterocycles. The van der Waals surface area contributed by atoms with Crippen LogP contribution in [0.3, 0.4) is 0 Å². The largest absolute Gasteiger partial charge is 0.482 e. The maximum absolute atomic E-state index is 14.4. The number of ether oxygens (including phenoxy) is 1.